The van der Waals surface area contributed by atoms with E-state index in [0.717, 1.165) is 12.0 Å². The Kier molecular flexibility index (Phi) is 6.65. The molecule has 3 atom stereocenters. The number of carbonyl (C=O) groups is 1. The lowest BCUT2D eigenvalue weighted by molar-refractivity contribution is -0.123. The Hall–Kier alpha value is -1.42. The van der Waals surface area contributed by atoms with E-state index in [0.29, 0.717) is 6.54 Å². The zero-order valence-electron chi connectivity index (χ0n) is 12.7. The lowest BCUT2D eigenvalue weighted by Gasteiger charge is -2.20. The molecule has 0 saturated heterocycles. The fraction of sp³-hybridized carbons (Fsp3) is 0.562. The molecule has 3 nitrogen and oxygen atoms in total. The summed E-state index contributed by atoms with van der Waals surface area (Å²) in [7, 11) is 0. The number of halogens is 1. The summed E-state index contributed by atoms with van der Waals surface area (Å²) >= 11 is 0. The molecule has 0 radical (unpaired) electrons. The van der Waals surface area contributed by atoms with Crippen LogP contribution in [0, 0.1) is 5.82 Å². The van der Waals surface area contributed by atoms with Crippen LogP contribution in [0.1, 0.15) is 45.6 Å². The molecule has 0 saturated carbocycles. The zero-order valence-corrected chi connectivity index (χ0v) is 12.7. The number of carbonyl (C=O) groups excluding carboxylic acids is 1. The Morgan fingerprint density at radius 1 is 1.20 bits per heavy atom. The first-order valence-corrected chi connectivity index (χ1v) is 7.23. The predicted molar refractivity (Wildman–Crippen MR) is 80.2 cm³/mol. The van der Waals surface area contributed by atoms with Crippen molar-refractivity contribution < 1.29 is 9.18 Å². The van der Waals surface area contributed by atoms with Gasteiger partial charge in [0.05, 0.1) is 6.04 Å². The molecule has 20 heavy (non-hydrogen) atoms. The molecule has 0 aliphatic rings. The van der Waals surface area contributed by atoms with Gasteiger partial charge in [-0.05, 0) is 43.9 Å². The van der Waals surface area contributed by atoms with Gasteiger partial charge in [0, 0.05) is 12.6 Å². The normalized spacial score (nSPS) is 15.4. The highest BCUT2D eigenvalue weighted by Gasteiger charge is 2.15. The van der Waals surface area contributed by atoms with Gasteiger partial charge in [-0.3, -0.25) is 4.79 Å². The molecule has 0 fully saturated rings. The van der Waals surface area contributed by atoms with E-state index in [1.54, 1.807) is 12.1 Å². The number of amides is 1. The number of hydrogen-bond donors (Lipinski definition) is 2. The summed E-state index contributed by atoms with van der Waals surface area (Å²) in [6.45, 7) is 8.63. The van der Waals surface area contributed by atoms with Gasteiger partial charge in [-0.15, -0.1) is 0 Å². The summed E-state index contributed by atoms with van der Waals surface area (Å²) in [5, 5.41) is 6.17. The summed E-state index contributed by atoms with van der Waals surface area (Å²) in [5.74, 6) is 0.0234. The molecule has 0 aliphatic carbocycles. The molecule has 0 aromatic heterocycles. The van der Waals surface area contributed by atoms with Crippen molar-refractivity contribution in [1.82, 2.24) is 10.6 Å². The second-order valence-electron chi connectivity index (χ2n) is 5.40. The van der Waals surface area contributed by atoms with E-state index in [4.69, 9.17) is 0 Å². The van der Waals surface area contributed by atoms with Gasteiger partial charge in [-0.2, -0.15) is 0 Å². The molecule has 1 aromatic rings. The smallest absolute Gasteiger partial charge is 0.237 e. The summed E-state index contributed by atoms with van der Waals surface area (Å²) in [6, 6.07) is 6.46. The number of hydrogen-bond acceptors (Lipinski definition) is 2. The SMILES string of the molecule is CCC(C)NC(=O)C(C)NCC(C)c1ccc(F)cc1. The van der Waals surface area contributed by atoms with Gasteiger partial charge in [-0.1, -0.05) is 26.0 Å². The van der Waals surface area contributed by atoms with Crippen LogP contribution in [-0.2, 0) is 4.79 Å². The van der Waals surface area contributed by atoms with Crippen molar-refractivity contribution in [3.05, 3.63) is 35.6 Å². The molecule has 0 spiro atoms. The standard InChI is InChI=1S/C16H25FN2O/c1-5-12(3)19-16(20)13(4)18-10-11(2)14-6-8-15(17)9-7-14/h6-9,11-13,18H,5,10H2,1-4H3,(H,19,20). The average molecular weight is 280 g/mol. The fourth-order valence-electron chi connectivity index (χ4n) is 1.83. The van der Waals surface area contributed by atoms with Crippen LogP contribution < -0.4 is 10.6 Å². The molecule has 4 heteroatoms. The summed E-state index contributed by atoms with van der Waals surface area (Å²) in [5.41, 5.74) is 1.06. The van der Waals surface area contributed by atoms with Crippen LogP contribution in [0.2, 0.25) is 0 Å². The lowest BCUT2D eigenvalue weighted by Crippen LogP contribution is -2.46. The molecule has 112 valence electrons. The van der Waals surface area contributed by atoms with Gasteiger partial charge in [-0.25, -0.2) is 4.39 Å². The van der Waals surface area contributed by atoms with Gasteiger partial charge >= 0.3 is 0 Å². The molecule has 0 bridgehead atoms. The van der Waals surface area contributed by atoms with Crippen molar-refractivity contribution in [2.75, 3.05) is 6.54 Å². The van der Waals surface area contributed by atoms with Crippen LogP contribution in [0.15, 0.2) is 24.3 Å². The molecule has 2 N–H and O–H groups in total. The Labute approximate surface area is 121 Å². The molecule has 0 heterocycles. The largest absolute Gasteiger partial charge is 0.352 e. The molecule has 0 aliphatic heterocycles. The van der Waals surface area contributed by atoms with E-state index in [1.807, 2.05) is 20.8 Å². The highest BCUT2D eigenvalue weighted by Crippen LogP contribution is 2.14. The van der Waals surface area contributed by atoms with Crippen LogP contribution in [0.25, 0.3) is 0 Å². The topological polar surface area (TPSA) is 41.1 Å². The zero-order chi connectivity index (χ0) is 15.1. The van der Waals surface area contributed by atoms with Gasteiger partial charge in [0.25, 0.3) is 0 Å². The minimum atomic E-state index is -0.230. The van der Waals surface area contributed by atoms with Crippen molar-refractivity contribution in [2.24, 2.45) is 0 Å². The quantitative estimate of drug-likeness (QED) is 0.806. The van der Waals surface area contributed by atoms with Crippen LogP contribution in [0.5, 0.6) is 0 Å². The van der Waals surface area contributed by atoms with Crippen molar-refractivity contribution in [3.8, 4) is 0 Å². The van der Waals surface area contributed by atoms with Gasteiger partial charge in [0.1, 0.15) is 5.82 Å². The maximum absolute atomic E-state index is 12.9. The van der Waals surface area contributed by atoms with E-state index in [2.05, 4.69) is 17.6 Å². The molecule has 1 aromatic carbocycles. The molecule has 1 rings (SSSR count). The van der Waals surface area contributed by atoms with E-state index in [-0.39, 0.29) is 29.7 Å². The van der Waals surface area contributed by atoms with Crippen molar-refractivity contribution in [3.63, 3.8) is 0 Å². The number of benzene rings is 1. The van der Waals surface area contributed by atoms with E-state index in [1.165, 1.54) is 12.1 Å². The Morgan fingerprint density at radius 3 is 2.35 bits per heavy atom. The van der Waals surface area contributed by atoms with E-state index >= 15 is 0 Å². The second-order valence-corrected chi connectivity index (χ2v) is 5.40. The van der Waals surface area contributed by atoms with E-state index < -0.39 is 0 Å². The minimum Gasteiger partial charge on any atom is -0.352 e. The Balaban J connectivity index is 2.42. The average Bonchev–Trinajstić information content (AvgIpc) is 2.44. The van der Waals surface area contributed by atoms with Gasteiger partial charge in [0.2, 0.25) is 5.91 Å². The summed E-state index contributed by atoms with van der Waals surface area (Å²) in [6.07, 6.45) is 0.921. The fourth-order valence-corrected chi connectivity index (χ4v) is 1.83. The highest BCUT2D eigenvalue weighted by atomic mass is 19.1. The van der Waals surface area contributed by atoms with Gasteiger partial charge < -0.3 is 10.6 Å². The number of rotatable bonds is 7. The predicted octanol–water partition coefficient (Wildman–Crippen LogP) is 2.82. The molecule has 1 amide bonds. The lowest BCUT2D eigenvalue weighted by atomic mass is 10.0. The van der Waals surface area contributed by atoms with E-state index in [9.17, 15) is 9.18 Å². The first kappa shape index (κ1) is 16.6. The third-order valence-corrected chi connectivity index (χ3v) is 3.56. The number of nitrogens with one attached hydrogen (secondary N) is 2. The van der Waals surface area contributed by atoms with Gasteiger partial charge in [0.15, 0.2) is 0 Å². The molecule has 3 unspecified atom stereocenters. The first-order chi connectivity index (χ1) is 9.43. The highest BCUT2D eigenvalue weighted by molar-refractivity contribution is 5.81. The third-order valence-electron chi connectivity index (χ3n) is 3.56. The maximum atomic E-state index is 12.9. The second kappa shape index (κ2) is 8.00. The molecular weight excluding hydrogens is 255 g/mol. The summed E-state index contributed by atoms with van der Waals surface area (Å²) in [4.78, 5) is 11.9. The van der Waals surface area contributed by atoms with Crippen molar-refractivity contribution in [2.45, 2.75) is 52.1 Å². The van der Waals surface area contributed by atoms with Crippen LogP contribution in [0.4, 0.5) is 4.39 Å². The van der Waals surface area contributed by atoms with Crippen molar-refractivity contribution >= 4 is 5.91 Å². The minimum absolute atomic E-state index is 0.0191. The van der Waals surface area contributed by atoms with Crippen molar-refractivity contribution in [1.29, 1.82) is 0 Å². The van der Waals surface area contributed by atoms with Crippen LogP contribution in [-0.4, -0.2) is 24.5 Å². The monoisotopic (exact) mass is 280 g/mol. The first-order valence-electron chi connectivity index (χ1n) is 7.23. The Bertz CT molecular complexity index is 419. The van der Waals surface area contributed by atoms with Crippen LogP contribution >= 0.6 is 0 Å². The third kappa shape index (κ3) is 5.29. The Morgan fingerprint density at radius 2 is 1.80 bits per heavy atom. The summed E-state index contributed by atoms with van der Waals surface area (Å²) < 4.78 is 12.9. The van der Waals surface area contributed by atoms with Crippen LogP contribution in [0.3, 0.4) is 0 Å². The molecular formula is C16H25FN2O. The maximum Gasteiger partial charge on any atom is 0.237 e.